The van der Waals surface area contributed by atoms with Crippen LogP contribution in [-0.2, 0) is 11.3 Å². The van der Waals surface area contributed by atoms with E-state index in [2.05, 4.69) is 18.9 Å². The molecule has 2 bridgehead atoms. The first-order valence-electron chi connectivity index (χ1n) is 14.7. The van der Waals surface area contributed by atoms with Gasteiger partial charge >= 0.3 is 5.97 Å². The Balaban J connectivity index is 1.39. The fourth-order valence-corrected chi connectivity index (χ4v) is 8.97. The number of rotatable bonds is 5. The van der Waals surface area contributed by atoms with E-state index in [1.54, 1.807) is 24.6 Å². The van der Waals surface area contributed by atoms with Crippen molar-refractivity contribution >= 4 is 5.97 Å². The van der Waals surface area contributed by atoms with Crippen molar-refractivity contribution < 1.29 is 30.0 Å². The minimum atomic E-state index is -2.07. The van der Waals surface area contributed by atoms with Gasteiger partial charge in [0.15, 0.2) is 6.10 Å². The molecular weight excluding hydrogens is 520 g/mol. The normalized spacial score (nSPS) is 38.6. The van der Waals surface area contributed by atoms with Gasteiger partial charge in [-0.3, -0.25) is 4.68 Å². The average Bonchev–Trinajstić information content (AvgIpc) is 3.27. The van der Waals surface area contributed by atoms with Crippen LogP contribution in [0.2, 0.25) is 0 Å². The van der Waals surface area contributed by atoms with E-state index < -0.39 is 41.9 Å². The number of nitrogens with zero attached hydrogens (tertiary/aromatic N) is 2. The quantitative estimate of drug-likeness (QED) is 0.325. The highest BCUT2D eigenvalue weighted by Crippen LogP contribution is 2.72. The number of benzene rings is 1. The molecule has 1 heterocycles. The highest BCUT2D eigenvalue weighted by Gasteiger charge is 2.76. The van der Waals surface area contributed by atoms with Crippen LogP contribution < -0.4 is 0 Å². The summed E-state index contributed by atoms with van der Waals surface area (Å²) in [7, 11) is 0. The third-order valence-corrected chi connectivity index (χ3v) is 11.1. The SMILES string of the molecule is CC1=C[C@]23C(O)[C@@H](C=C(CO)[C@@H](O)[C@]2(O)[C@H]1OC(=O)c1c(C)nn(Cc2ccccc2)c1C)[C@H]1[C@@H](C[C@H]3C)C1(C)C. The third kappa shape index (κ3) is 3.73. The Morgan fingerprint density at radius 3 is 2.49 bits per heavy atom. The van der Waals surface area contributed by atoms with Gasteiger partial charge in [-0.15, -0.1) is 0 Å². The van der Waals surface area contributed by atoms with E-state index in [9.17, 15) is 25.2 Å². The number of carbonyl (C=O) groups excluding carboxylic acids is 1. The van der Waals surface area contributed by atoms with E-state index in [-0.39, 0.29) is 28.7 Å². The molecule has 1 aromatic heterocycles. The second-order valence-corrected chi connectivity index (χ2v) is 13.5. The fraction of sp³-hybridized carbons (Fsp3) is 0.576. The Kier molecular flexibility index (Phi) is 6.47. The lowest BCUT2D eigenvalue weighted by atomic mass is 9.58. The summed E-state index contributed by atoms with van der Waals surface area (Å²) in [4.78, 5) is 13.8. The van der Waals surface area contributed by atoms with Crippen LogP contribution in [0.5, 0.6) is 0 Å². The smallest absolute Gasteiger partial charge is 0.342 e. The molecule has 220 valence electrons. The molecule has 1 spiro atoms. The Morgan fingerprint density at radius 2 is 1.83 bits per heavy atom. The van der Waals surface area contributed by atoms with Crippen LogP contribution >= 0.6 is 0 Å². The Hall–Kier alpha value is -2.78. The Bertz CT molecular complexity index is 1440. The minimum absolute atomic E-state index is 0.00415. The molecule has 4 aliphatic rings. The largest absolute Gasteiger partial charge is 0.451 e. The molecule has 4 N–H and O–H groups in total. The second kappa shape index (κ2) is 9.36. The molecule has 1 unspecified atom stereocenters. The summed E-state index contributed by atoms with van der Waals surface area (Å²) in [5.41, 5.74) is -0.0122. The lowest BCUT2D eigenvalue weighted by molar-refractivity contribution is -0.215. The van der Waals surface area contributed by atoms with Crippen LogP contribution in [-0.4, -0.2) is 66.7 Å². The predicted molar refractivity (Wildman–Crippen MR) is 153 cm³/mol. The van der Waals surface area contributed by atoms with Gasteiger partial charge in [-0.05, 0) is 67.1 Å². The van der Waals surface area contributed by atoms with Gasteiger partial charge in [-0.25, -0.2) is 4.79 Å². The van der Waals surface area contributed by atoms with Crippen molar-refractivity contribution in [2.75, 3.05) is 6.61 Å². The summed E-state index contributed by atoms with van der Waals surface area (Å²) in [5, 5.41) is 51.6. The van der Waals surface area contributed by atoms with E-state index in [0.29, 0.717) is 35.0 Å². The van der Waals surface area contributed by atoms with Gasteiger partial charge in [0.1, 0.15) is 17.3 Å². The molecule has 0 radical (unpaired) electrons. The summed E-state index contributed by atoms with van der Waals surface area (Å²) >= 11 is 0. The zero-order valence-corrected chi connectivity index (χ0v) is 24.7. The summed E-state index contributed by atoms with van der Waals surface area (Å²) in [5.74, 6) is -0.733. The zero-order valence-electron chi connectivity index (χ0n) is 24.7. The maximum absolute atomic E-state index is 13.8. The van der Waals surface area contributed by atoms with Crippen LogP contribution in [0, 0.1) is 48.3 Å². The monoisotopic (exact) mass is 562 g/mol. The molecule has 2 fully saturated rings. The molecule has 41 heavy (non-hydrogen) atoms. The average molecular weight is 563 g/mol. The highest BCUT2D eigenvalue weighted by molar-refractivity contribution is 5.92. The number of fused-ring (bicyclic) bond motifs is 3. The van der Waals surface area contributed by atoms with Crippen LogP contribution in [0.4, 0.5) is 0 Å². The van der Waals surface area contributed by atoms with Crippen molar-refractivity contribution in [2.45, 2.75) is 78.4 Å². The predicted octanol–water partition coefficient (Wildman–Crippen LogP) is 3.33. The van der Waals surface area contributed by atoms with Gasteiger partial charge in [-0.2, -0.15) is 5.10 Å². The fourth-order valence-electron chi connectivity index (χ4n) is 8.97. The Morgan fingerprint density at radius 1 is 1.15 bits per heavy atom. The molecule has 0 saturated heterocycles. The number of ether oxygens (including phenoxy) is 1. The second-order valence-electron chi connectivity index (χ2n) is 13.5. The molecule has 2 saturated carbocycles. The topological polar surface area (TPSA) is 125 Å². The molecule has 4 aliphatic carbocycles. The maximum atomic E-state index is 13.8. The molecule has 2 aromatic rings. The molecule has 0 aliphatic heterocycles. The first-order chi connectivity index (χ1) is 19.3. The number of aryl methyl sites for hydroxylation is 1. The Labute approximate surface area is 241 Å². The summed E-state index contributed by atoms with van der Waals surface area (Å²) in [6.45, 7) is 11.8. The van der Waals surface area contributed by atoms with Crippen LogP contribution in [0.25, 0.3) is 0 Å². The molecule has 8 heteroatoms. The van der Waals surface area contributed by atoms with Gasteiger partial charge in [0.2, 0.25) is 0 Å². The number of hydrogen-bond donors (Lipinski definition) is 4. The van der Waals surface area contributed by atoms with E-state index in [0.717, 1.165) is 12.0 Å². The number of esters is 1. The third-order valence-electron chi connectivity index (χ3n) is 11.1. The minimum Gasteiger partial charge on any atom is -0.451 e. The molecule has 9 atom stereocenters. The lowest BCUT2D eigenvalue weighted by Crippen LogP contribution is -2.66. The highest BCUT2D eigenvalue weighted by atomic mass is 16.6. The number of carbonyl (C=O) groups is 1. The van der Waals surface area contributed by atoms with Gasteiger partial charge in [-0.1, -0.05) is 63.3 Å². The lowest BCUT2D eigenvalue weighted by Gasteiger charge is -2.52. The van der Waals surface area contributed by atoms with Crippen molar-refractivity contribution in [1.82, 2.24) is 9.78 Å². The van der Waals surface area contributed by atoms with Gasteiger partial charge in [0, 0.05) is 5.92 Å². The summed E-state index contributed by atoms with van der Waals surface area (Å²) in [6, 6.07) is 9.83. The number of aliphatic hydroxyl groups is 4. The van der Waals surface area contributed by atoms with Crippen molar-refractivity contribution in [3.05, 3.63) is 76.1 Å². The van der Waals surface area contributed by atoms with Crippen LogP contribution in [0.1, 0.15) is 61.4 Å². The standard InChI is InChI=1S/C33H42N2O6/c1-17-14-32-18(2)12-24-26(31(24,5)6)23(28(32)38)13-22(16-36)27(37)33(32,40)29(17)41-30(39)25-19(3)34-35(20(25)4)15-21-10-8-7-9-11-21/h7-11,13-14,18,23-24,26-29,36-38,40H,12,15-16H2,1-6H3/t18-,23+,24-,26+,27-,28?,29+,32+,33+/m1/s1. The summed E-state index contributed by atoms with van der Waals surface area (Å²) < 4.78 is 7.90. The van der Waals surface area contributed by atoms with Crippen molar-refractivity contribution in [3.8, 4) is 0 Å². The van der Waals surface area contributed by atoms with Gasteiger partial charge in [0.05, 0.1) is 36.1 Å². The molecular formula is C33H42N2O6. The number of hydrogen-bond acceptors (Lipinski definition) is 7. The van der Waals surface area contributed by atoms with Crippen molar-refractivity contribution in [1.29, 1.82) is 0 Å². The molecule has 6 rings (SSSR count). The van der Waals surface area contributed by atoms with Crippen LogP contribution in [0.3, 0.4) is 0 Å². The zero-order chi connectivity index (χ0) is 29.6. The van der Waals surface area contributed by atoms with Crippen molar-refractivity contribution in [2.24, 2.45) is 34.5 Å². The first kappa shape index (κ1) is 28.3. The molecule has 1 aromatic carbocycles. The summed E-state index contributed by atoms with van der Waals surface area (Å²) in [6.07, 6.45) is 0.589. The van der Waals surface area contributed by atoms with E-state index >= 15 is 0 Å². The maximum Gasteiger partial charge on any atom is 0.342 e. The van der Waals surface area contributed by atoms with Crippen LogP contribution in [0.15, 0.2) is 53.6 Å². The van der Waals surface area contributed by atoms with Gasteiger partial charge < -0.3 is 25.2 Å². The van der Waals surface area contributed by atoms with E-state index in [1.165, 1.54) is 0 Å². The van der Waals surface area contributed by atoms with E-state index in [4.69, 9.17) is 4.74 Å². The first-order valence-corrected chi connectivity index (χ1v) is 14.7. The van der Waals surface area contributed by atoms with Crippen molar-refractivity contribution in [3.63, 3.8) is 0 Å². The molecule has 0 amide bonds. The number of aliphatic hydroxyl groups excluding tert-OH is 3. The molecule has 8 nitrogen and oxygen atoms in total. The van der Waals surface area contributed by atoms with Gasteiger partial charge in [0.25, 0.3) is 0 Å². The van der Waals surface area contributed by atoms with E-state index in [1.807, 2.05) is 50.3 Å². The number of aromatic nitrogens is 2.